The number of nitrogens with zero attached hydrogens (tertiary/aromatic N) is 2. The van der Waals surface area contributed by atoms with E-state index in [1.54, 1.807) is 6.07 Å². The maximum Gasteiger partial charge on any atom is 0.348 e. The first-order valence-corrected chi connectivity index (χ1v) is 10.5. The van der Waals surface area contributed by atoms with Crippen molar-refractivity contribution < 1.29 is 24.5 Å². The van der Waals surface area contributed by atoms with Crippen LogP contribution in [0, 0.1) is 6.92 Å². The van der Waals surface area contributed by atoms with E-state index in [-0.39, 0.29) is 23.4 Å². The topological polar surface area (TPSA) is 122 Å². The summed E-state index contributed by atoms with van der Waals surface area (Å²) >= 11 is 1.26. The van der Waals surface area contributed by atoms with Crippen LogP contribution < -0.4 is 5.32 Å². The van der Waals surface area contributed by atoms with Crippen molar-refractivity contribution in [2.45, 2.75) is 45.1 Å². The number of aromatic nitrogens is 2. The van der Waals surface area contributed by atoms with Crippen molar-refractivity contribution in [2.24, 2.45) is 0 Å². The van der Waals surface area contributed by atoms with Crippen LogP contribution in [0.1, 0.15) is 57.7 Å². The average Bonchev–Trinajstić information content (AvgIpc) is 3.08. The van der Waals surface area contributed by atoms with Crippen molar-refractivity contribution in [3.8, 4) is 5.75 Å². The summed E-state index contributed by atoms with van der Waals surface area (Å²) in [5, 5.41) is 22.7. The van der Waals surface area contributed by atoms with Gasteiger partial charge < -0.3 is 20.3 Å². The van der Waals surface area contributed by atoms with Gasteiger partial charge in [-0.2, -0.15) is 0 Å². The summed E-state index contributed by atoms with van der Waals surface area (Å²) < 4.78 is 5.71. The highest BCUT2D eigenvalue weighted by Crippen LogP contribution is 2.36. The third-order valence-corrected chi connectivity index (χ3v) is 6.41. The number of benzene rings is 1. The van der Waals surface area contributed by atoms with E-state index in [1.165, 1.54) is 36.2 Å². The standard InChI is InChI=1S/C21H21N3O5S/c1-11-16-18(24-12-7-8-15(25)14(9-12)20(26)27)22-10-23-19(16)30-17(11)21(28)29-13-5-3-2-4-6-13/h7-10,13,25H,2-6H2,1H3,(H,26,27)(H,22,23,24). The molecule has 0 amide bonds. The summed E-state index contributed by atoms with van der Waals surface area (Å²) in [6.45, 7) is 1.82. The smallest absolute Gasteiger partial charge is 0.348 e. The van der Waals surface area contributed by atoms with Gasteiger partial charge in [0.05, 0.1) is 5.39 Å². The molecule has 4 rings (SSSR count). The molecule has 0 atom stereocenters. The van der Waals surface area contributed by atoms with Gasteiger partial charge in [0.25, 0.3) is 0 Å². The summed E-state index contributed by atoms with van der Waals surface area (Å²) in [7, 11) is 0. The Labute approximate surface area is 176 Å². The number of hydrogen-bond acceptors (Lipinski definition) is 8. The van der Waals surface area contributed by atoms with Crippen LogP contribution in [0.15, 0.2) is 24.5 Å². The van der Waals surface area contributed by atoms with Gasteiger partial charge in [0.1, 0.15) is 39.3 Å². The summed E-state index contributed by atoms with van der Waals surface area (Å²) in [5.74, 6) is -1.44. The normalized spacial score (nSPS) is 14.6. The maximum atomic E-state index is 12.8. The summed E-state index contributed by atoms with van der Waals surface area (Å²) in [4.78, 5) is 33.7. The molecule has 1 saturated carbocycles. The molecule has 0 bridgehead atoms. The van der Waals surface area contributed by atoms with Crippen LogP contribution in [0.25, 0.3) is 10.2 Å². The Morgan fingerprint density at radius 2 is 1.97 bits per heavy atom. The van der Waals surface area contributed by atoms with E-state index < -0.39 is 5.97 Å². The molecule has 9 heteroatoms. The van der Waals surface area contributed by atoms with Crippen LogP contribution in [0.4, 0.5) is 11.5 Å². The van der Waals surface area contributed by atoms with Gasteiger partial charge in [-0.1, -0.05) is 6.42 Å². The fraction of sp³-hybridized carbons (Fsp3) is 0.333. The molecule has 0 spiro atoms. The van der Waals surface area contributed by atoms with Gasteiger partial charge >= 0.3 is 11.9 Å². The number of carbonyl (C=O) groups excluding carboxylic acids is 1. The minimum absolute atomic E-state index is 0.0361. The first-order valence-electron chi connectivity index (χ1n) is 9.72. The predicted octanol–water partition coefficient (Wildman–Crippen LogP) is 4.64. The SMILES string of the molecule is Cc1c(C(=O)OC2CCCCC2)sc2ncnc(Nc3ccc(O)c(C(=O)O)c3)c12. The second-order valence-electron chi connectivity index (χ2n) is 7.29. The van der Waals surface area contributed by atoms with E-state index in [1.807, 2.05) is 6.92 Å². The molecule has 3 N–H and O–H groups in total. The zero-order valence-electron chi connectivity index (χ0n) is 16.3. The minimum atomic E-state index is -1.23. The van der Waals surface area contributed by atoms with Crippen molar-refractivity contribution >= 4 is 45.0 Å². The average molecular weight is 427 g/mol. The molecule has 0 unspecified atom stereocenters. The Balaban J connectivity index is 1.65. The van der Waals surface area contributed by atoms with Crippen LogP contribution in [0.2, 0.25) is 0 Å². The Bertz CT molecular complexity index is 1120. The van der Waals surface area contributed by atoms with E-state index in [9.17, 15) is 19.8 Å². The molecule has 1 aliphatic rings. The molecule has 1 aromatic carbocycles. The highest BCUT2D eigenvalue weighted by Gasteiger charge is 2.24. The van der Waals surface area contributed by atoms with Crippen molar-refractivity contribution in [1.29, 1.82) is 0 Å². The van der Waals surface area contributed by atoms with Gasteiger partial charge in [0.15, 0.2) is 0 Å². The van der Waals surface area contributed by atoms with Crippen LogP contribution in [-0.4, -0.2) is 38.2 Å². The van der Waals surface area contributed by atoms with Crippen LogP contribution in [-0.2, 0) is 4.74 Å². The minimum Gasteiger partial charge on any atom is -0.507 e. The number of anilines is 2. The van der Waals surface area contributed by atoms with Gasteiger partial charge in [-0.25, -0.2) is 19.6 Å². The molecule has 30 heavy (non-hydrogen) atoms. The monoisotopic (exact) mass is 427 g/mol. The lowest BCUT2D eigenvalue weighted by Crippen LogP contribution is -2.20. The molecule has 156 valence electrons. The van der Waals surface area contributed by atoms with E-state index >= 15 is 0 Å². The molecule has 2 heterocycles. The number of carboxylic acids is 1. The molecule has 1 aliphatic carbocycles. The number of carboxylic acid groups (broad SMARTS) is 1. The van der Waals surface area contributed by atoms with E-state index in [0.717, 1.165) is 31.2 Å². The van der Waals surface area contributed by atoms with E-state index in [4.69, 9.17) is 4.74 Å². The first-order chi connectivity index (χ1) is 14.4. The van der Waals surface area contributed by atoms with Crippen LogP contribution in [0.5, 0.6) is 5.75 Å². The number of aromatic hydroxyl groups is 1. The van der Waals surface area contributed by atoms with Gasteiger partial charge in [0.2, 0.25) is 0 Å². The fourth-order valence-corrected chi connectivity index (χ4v) is 4.70. The second kappa shape index (κ2) is 8.27. The van der Waals surface area contributed by atoms with E-state index in [2.05, 4.69) is 15.3 Å². The Morgan fingerprint density at radius 3 is 2.70 bits per heavy atom. The zero-order chi connectivity index (χ0) is 21.3. The molecule has 0 saturated heterocycles. The maximum absolute atomic E-state index is 12.8. The third-order valence-electron chi connectivity index (χ3n) is 5.23. The highest BCUT2D eigenvalue weighted by atomic mass is 32.1. The number of esters is 1. The quantitative estimate of drug-likeness (QED) is 0.398. The van der Waals surface area contributed by atoms with Crippen molar-refractivity contribution in [2.75, 3.05) is 5.32 Å². The molecule has 0 aliphatic heterocycles. The number of rotatable bonds is 5. The lowest BCUT2D eigenvalue weighted by atomic mass is 9.98. The fourth-order valence-electron chi connectivity index (χ4n) is 3.67. The number of ether oxygens (including phenoxy) is 1. The Kier molecular flexibility index (Phi) is 5.54. The number of aromatic carboxylic acids is 1. The molecular formula is C21H21N3O5S. The number of hydrogen-bond donors (Lipinski definition) is 3. The van der Waals surface area contributed by atoms with Gasteiger partial charge in [0, 0.05) is 5.69 Å². The van der Waals surface area contributed by atoms with Crippen LogP contribution in [0.3, 0.4) is 0 Å². The molecule has 8 nitrogen and oxygen atoms in total. The number of fused-ring (bicyclic) bond motifs is 1. The van der Waals surface area contributed by atoms with Gasteiger partial charge in [-0.3, -0.25) is 0 Å². The summed E-state index contributed by atoms with van der Waals surface area (Å²) in [5.41, 5.74) is 0.947. The second-order valence-corrected chi connectivity index (χ2v) is 8.29. The van der Waals surface area contributed by atoms with Gasteiger partial charge in [-0.05, 0) is 56.4 Å². The molecule has 3 aromatic rings. The largest absolute Gasteiger partial charge is 0.507 e. The predicted molar refractivity (Wildman–Crippen MR) is 113 cm³/mol. The summed E-state index contributed by atoms with van der Waals surface area (Å²) in [6, 6.07) is 4.18. The molecule has 2 aromatic heterocycles. The number of aryl methyl sites for hydroxylation is 1. The lowest BCUT2D eigenvalue weighted by Gasteiger charge is -2.21. The first kappa shape index (κ1) is 20.1. The van der Waals surface area contributed by atoms with Crippen molar-refractivity contribution in [3.05, 3.63) is 40.5 Å². The molecule has 0 radical (unpaired) electrons. The van der Waals surface area contributed by atoms with Crippen molar-refractivity contribution in [3.63, 3.8) is 0 Å². The summed E-state index contributed by atoms with van der Waals surface area (Å²) in [6.07, 6.45) is 6.48. The highest BCUT2D eigenvalue weighted by molar-refractivity contribution is 7.20. The third kappa shape index (κ3) is 3.93. The number of thiophene rings is 1. The Morgan fingerprint density at radius 1 is 1.20 bits per heavy atom. The molecule has 1 fully saturated rings. The van der Waals surface area contributed by atoms with Crippen LogP contribution >= 0.6 is 11.3 Å². The number of carbonyl (C=O) groups is 2. The molecular weight excluding hydrogens is 406 g/mol. The van der Waals surface area contributed by atoms with Crippen molar-refractivity contribution in [1.82, 2.24) is 9.97 Å². The lowest BCUT2D eigenvalue weighted by molar-refractivity contribution is 0.0216. The number of nitrogens with one attached hydrogen (secondary N) is 1. The number of phenols is 1. The Hall–Kier alpha value is -3.20. The zero-order valence-corrected chi connectivity index (χ0v) is 17.2. The van der Waals surface area contributed by atoms with Gasteiger partial charge in [-0.15, -0.1) is 11.3 Å². The van der Waals surface area contributed by atoms with E-state index in [0.29, 0.717) is 26.6 Å².